The van der Waals surface area contributed by atoms with Gasteiger partial charge in [-0.2, -0.15) is 0 Å². The molecule has 192 valence electrons. The zero-order valence-corrected chi connectivity index (χ0v) is 21.5. The van der Waals surface area contributed by atoms with E-state index in [4.69, 9.17) is 19.2 Å². The molecular formula is C29H33F2NO4. The van der Waals surface area contributed by atoms with Crippen LogP contribution in [0, 0.1) is 17.0 Å². The van der Waals surface area contributed by atoms with Gasteiger partial charge in [-0.15, -0.1) is 0 Å². The van der Waals surface area contributed by atoms with Gasteiger partial charge in [0.2, 0.25) is 0 Å². The summed E-state index contributed by atoms with van der Waals surface area (Å²) in [4.78, 5) is 16.4. The summed E-state index contributed by atoms with van der Waals surface area (Å²) in [6.45, 7) is 8.31. The van der Waals surface area contributed by atoms with E-state index >= 15 is 0 Å². The fraction of sp³-hybridized carbons (Fsp3) is 0.379. The summed E-state index contributed by atoms with van der Waals surface area (Å²) in [6.07, 6.45) is 0.912. The van der Waals surface area contributed by atoms with Gasteiger partial charge in [-0.3, -0.25) is 9.78 Å². The van der Waals surface area contributed by atoms with Gasteiger partial charge in [-0.05, 0) is 61.1 Å². The average molecular weight is 498 g/mol. The van der Waals surface area contributed by atoms with Gasteiger partial charge < -0.3 is 14.2 Å². The number of aryl methyl sites for hydroxylation is 1. The van der Waals surface area contributed by atoms with Crippen molar-refractivity contribution in [2.24, 2.45) is 5.41 Å². The van der Waals surface area contributed by atoms with Crippen LogP contribution in [-0.4, -0.2) is 24.7 Å². The van der Waals surface area contributed by atoms with E-state index in [0.717, 1.165) is 5.69 Å². The van der Waals surface area contributed by atoms with Crippen LogP contribution in [-0.2, 0) is 29.0 Å². The van der Waals surface area contributed by atoms with Crippen molar-refractivity contribution in [1.29, 1.82) is 0 Å². The van der Waals surface area contributed by atoms with E-state index < -0.39 is 5.82 Å². The first-order valence-electron chi connectivity index (χ1n) is 12.0. The maximum absolute atomic E-state index is 15.0. The molecule has 0 saturated heterocycles. The second kappa shape index (κ2) is 12.0. The molecule has 0 spiro atoms. The lowest BCUT2D eigenvalue weighted by Gasteiger charge is -2.21. The molecule has 0 aliphatic heterocycles. The van der Waals surface area contributed by atoms with Crippen molar-refractivity contribution >= 4 is 5.97 Å². The maximum atomic E-state index is 15.0. The van der Waals surface area contributed by atoms with Crippen LogP contribution in [0.5, 0.6) is 11.5 Å². The molecule has 0 radical (unpaired) electrons. The number of hydrogen-bond donors (Lipinski definition) is 0. The van der Waals surface area contributed by atoms with Crippen LogP contribution >= 0.6 is 0 Å². The lowest BCUT2D eigenvalue weighted by molar-refractivity contribution is -0.143. The summed E-state index contributed by atoms with van der Waals surface area (Å²) in [7, 11) is 1.54. The number of ether oxygens (including phenoxy) is 3. The van der Waals surface area contributed by atoms with E-state index in [2.05, 4.69) is 20.8 Å². The molecule has 5 nitrogen and oxygen atoms in total. The monoisotopic (exact) mass is 497 g/mol. The Balaban J connectivity index is 1.84. The van der Waals surface area contributed by atoms with Crippen LogP contribution in [0.4, 0.5) is 8.78 Å². The van der Waals surface area contributed by atoms with Crippen LogP contribution in [0.25, 0.3) is 11.1 Å². The Morgan fingerprint density at radius 2 is 1.81 bits per heavy atom. The third-order valence-electron chi connectivity index (χ3n) is 5.52. The Morgan fingerprint density at radius 3 is 2.50 bits per heavy atom. The van der Waals surface area contributed by atoms with Crippen LogP contribution in [0.2, 0.25) is 0 Å². The van der Waals surface area contributed by atoms with Gasteiger partial charge in [-0.25, -0.2) is 8.78 Å². The number of carbonyl (C=O) groups is 1. The van der Waals surface area contributed by atoms with Gasteiger partial charge in [0.15, 0.2) is 11.6 Å². The molecule has 0 atom stereocenters. The molecule has 7 heteroatoms. The molecule has 0 N–H and O–H groups in total. The number of rotatable bonds is 10. The standard InChI is InChI=1S/C29H33F2NO4/c1-6-35-27(33)15-10-19-8-7-9-26(28(19)31)36-18-20-11-13-22(25(32-20)17-29(2,3)4)23-16-21(34-5)12-14-24(23)30/h7-9,11-14,16H,6,10,15,17-18H2,1-5H3. The first-order valence-corrected chi connectivity index (χ1v) is 12.0. The zero-order chi connectivity index (χ0) is 26.3. The fourth-order valence-corrected chi connectivity index (χ4v) is 3.83. The van der Waals surface area contributed by atoms with Gasteiger partial charge >= 0.3 is 5.97 Å². The zero-order valence-electron chi connectivity index (χ0n) is 21.5. The first-order chi connectivity index (χ1) is 17.1. The van der Waals surface area contributed by atoms with Gasteiger partial charge in [0.1, 0.15) is 18.2 Å². The first kappa shape index (κ1) is 27.1. The summed E-state index contributed by atoms with van der Waals surface area (Å²) < 4.78 is 45.7. The molecule has 0 saturated carbocycles. The average Bonchev–Trinajstić information content (AvgIpc) is 2.82. The summed E-state index contributed by atoms with van der Waals surface area (Å²) in [5.74, 6) is -0.603. The van der Waals surface area contributed by atoms with Crippen LogP contribution < -0.4 is 9.47 Å². The number of pyridine rings is 1. The van der Waals surface area contributed by atoms with Crippen molar-refractivity contribution in [3.05, 3.63) is 77.1 Å². The molecule has 3 rings (SSSR count). The Labute approximate surface area is 211 Å². The Bertz CT molecular complexity index is 1200. The molecule has 0 bridgehead atoms. The van der Waals surface area contributed by atoms with E-state index in [-0.39, 0.29) is 49.0 Å². The number of aromatic nitrogens is 1. The highest BCUT2D eigenvalue weighted by Crippen LogP contribution is 2.33. The second-order valence-electron chi connectivity index (χ2n) is 9.70. The van der Waals surface area contributed by atoms with Crippen molar-refractivity contribution in [3.8, 4) is 22.6 Å². The molecule has 0 unspecified atom stereocenters. The molecule has 0 aliphatic rings. The van der Waals surface area contributed by atoms with E-state index in [9.17, 15) is 13.6 Å². The summed E-state index contributed by atoms with van der Waals surface area (Å²) in [6, 6.07) is 13.0. The number of halogens is 2. The third-order valence-corrected chi connectivity index (χ3v) is 5.52. The van der Waals surface area contributed by atoms with Crippen LogP contribution in [0.3, 0.4) is 0 Å². The van der Waals surface area contributed by atoms with Crippen molar-refractivity contribution < 1.29 is 27.8 Å². The van der Waals surface area contributed by atoms with Crippen molar-refractivity contribution in [2.45, 2.75) is 53.6 Å². The normalized spacial score (nSPS) is 11.3. The molecule has 2 aromatic carbocycles. The number of carbonyl (C=O) groups excluding carboxylic acids is 1. The highest BCUT2D eigenvalue weighted by atomic mass is 19.1. The minimum Gasteiger partial charge on any atom is -0.497 e. The van der Waals surface area contributed by atoms with Crippen molar-refractivity contribution in [3.63, 3.8) is 0 Å². The van der Waals surface area contributed by atoms with Crippen LogP contribution in [0.15, 0.2) is 48.5 Å². The number of nitrogens with zero attached hydrogens (tertiary/aromatic N) is 1. The molecule has 1 heterocycles. The number of methoxy groups -OCH3 is 1. The molecule has 0 amide bonds. The van der Waals surface area contributed by atoms with Crippen LogP contribution in [0.1, 0.15) is 51.1 Å². The molecule has 36 heavy (non-hydrogen) atoms. The number of hydrogen-bond acceptors (Lipinski definition) is 5. The summed E-state index contributed by atoms with van der Waals surface area (Å²) in [5.41, 5.74) is 2.68. The van der Waals surface area contributed by atoms with Gasteiger partial charge in [-0.1, -0.05) is 39.0 Å². The van der Waals surface area contributed by atoms with E-state index in [1.165, 1.54) is 13.2 Å². The largest absolute Gasteiger partial charge is 0.497 e. The Hall–Kier alpha value is -3.48. The highest BCUT2D eigenvalue weighted by molar-refractivity contribution is 5.70. The van der Waals surface area contributed by atoms with Gasteiger partial charge in [0.25, 0.3) is 0 Å². The smallest absolute Gasteiger partial charge is 0.306 e. The topological polar surface area (TPSA) is 57.7 Å². The third kappa shape index (κ3) is 7.26. The van der Waals surface area contributed by atoms with Gasteiger partial charge in [0, 0.05) is 23.2 Å². The minimum atomic E-state index is -0.508. The highest BCUT2D eigenvalue weighted by Gasteiger charge is 2.20. The molecule has 1 aromatic heterocycles. The molecular weight excluding hydrogens is 464 g/mol. The van der Waals surface area contributed by atoms with E-state index in [0.29, 0.717) is 34.6 Å². The summed E-state index contributed by atoms with van der Waals surface area (Å²) in [5, 5.41) is 0. The maximum Gasteiger partial charge on any atom is 0.306 e. The Kier molecular flexibility index (Phi) is 9.02. The second-order valence-corrected chi connectivity index (χ2v) is 9.70. The lowest BCUT2D eigenvalue weighted by Crippen LogP contribution is -2.13. The molecule has 0 fully saturated rings. The number of esters is 1. The van der Waals surface area contributed by atoms with Crippen molar-refractivity contribution in [2.75, 3.05) is 13.7 Å². The van der Waals surface area contributed by atoms with Crippen molar-refractivity contribution in [1.82, 2.24) is 4.98 Å². The fourth-order valence-electron chi connectivity index (χ4n) is 3.83. The molecule has 3 aromatic rings. The minimum absolute atomic E-state index is 0.0380. The summed E-state index contributed by atoms with van der Waals surface area (Å²) >= 11 is 0. The molecule has 0 aliphatic carbocycles. The lowest BCUT2D eigenvalue weighted by atomic mass is 9.87. The number of benzene rings is 2. The van der Waals surface area contributed by atoms with Gasteiger partial charge in [0.05, 0.1) is 19.4 Å². The van der Waals surface area contributed by atoms with E-state index in [1.807, 2.05) is 6.07 Å². The predicted molar refractivity (Wildman–Crippen MR) is 135 cm³/mol. The SMILES string of the molecule is CCOC(=O)CCc1cccc(OCc2ccc(-c3cc(OC)ccc3F)c(CC(C)(C)C)n2)c1F. The Morgan fingerprint density at radius 1 is 1.03 bits per heavy atom. The predicted octanol–water partition coefficient (Wildman–Crippen LogP) is 6.70. The van der Waals surface area contributed by atoms with E-state index in [1.54, 1.807) is 43.3 Å². The quantitative estimate of drug-likeness (QED) is 0.292.